The van der Waals surface area contributed by atoms with Crippen LogP contribution in [0.4, 0.5) is 0 Å². The van der Waals surface area contributed by atoms with E-state index in [0.29, 0.717) is 19.8 Å². The molecule has 0 spiro atoms. The van der Waals surface area contributed by atoms with Gasteiger partial charge in [-0.3, -0.25) is 4.79 Å². The Labute approximate surface area is 108 Å². The lowest BCUT2D eigenvalue weighted by molar-refractivity contribution is -0.128. The monoisotopic (exact) mass is 248 g/mol. The Kier molecular flexibility index (Phi) is 4.73. The minimum absolute atomic E-state index is 0.0662. The molecule has 1 heterocycles. The molecule has 0 aliphatic carbocycles. The maximum absolute atomic E-state index is 12.1. The molecule has 2 rings (SSSR count). The molecular formula is C14H20N2O2. The Hall–Kier alpha value is -1.39. The van der Waals surface area contributed by atoms with Gasteiger partial charge in [-0.05, 0) is 18.4 Å². The van der Waals surface area contributed by atoms with Crippen LogP contribution in [0.1, 0.15) is 24.4 Å². The van der Waals surface area contributed by atoms with E-state index in [-0.39, 0.29) is 17.9 Å². The Morgan fingerprint density at radius 3 is 2.61 bits per heavy atom. The minimum Gasteiger partial charge on any atom is -0.381 e. The van der Waals surface area contributed by atoms with Gasteiger partial charge < -0.3 is 15.8 Å². The second-order valence-corrected chi connectivity index (χ2v) is 4.59. The summed E-state index contributed by atoms with van der Waals surface area (Å²) >= 11 is 0. The van der Waals surface area contributed by atoms with Crippen molar-refractivity contribution in [2.24, 2.45) is 11.7 Å². The van der Waals surface area contributed by atoms with Gasteiger partial charge in [-0.2, -0.15) is 0 Å². The molecule has 3 N–H and O–H groups in total. The van der Waals surface area contributed by atoms with Crippen molar-refractivity contribution in [3.63, 3.8) is 0 Å². The SMILES string of the molecule is NCC(NC(=O)C1CCOCC1)c1ccccc1. The average molecular weight is 248 g/mol. The molecule has 1 fully saturated rings. The van der Waals surface area contributed by atoms with Gasteiger partial charge in [0.05, 0.1) is 6.04 Å². The van der Waals surface area contributed by atoms with E-state index in [2.05, 4.69) is 5.32 Å². The van der Waals surface area contributed by atoms with E-state index in [1.165, 1.54) is 0 Å². The maximum atomic E-state index is 12.1. The predicted octanol–water partition coefficient (Wildman–Crippen LogP) is 1.23. The molecule has 1 aromatic carbocycles. The standard InChI is InChI=1S/C14H20N2O2/c15-10-13(11-4-2-1-3-5-11)16-14(17)12-6-8-18-9-7-12/h1-5,12-13H,6-10,15H2,(H,16,17). The first kappa shape index (κ1) is 13.1. The van der Waals surface area contributed by atoms with Crippen LogP contribution >= 0.6 is 0 Å². The molecule has 4 nitrogen and oxygen atoms in total. The number of rotatable bonds is 4. The quantitative estimate of drug-likeness (QED) is 0.842. The van der Waals surface area contributed by atoms with Gasteiger partial charge in [0.1, 0.15) is 0 Å². The number of amides is 1. The molecule has 0 bridgehead atoms. The van der Waals surface area contributed by atoms with Crippen molar-refractivity contribution in [2.75, 3.05) is 19.8 Å². The fourth-order valence-corrected chi connectivity index (χ4v) is 2.21. The molecule has 1 aliphatic rings. The molecule has 18 heavy (non-hydrogen) atoms. The van der Waals surface area contributed by atoms with Gasteiger partial charge in [0.25, 0.3) is 0 Å². The molecule has 98 valence electrons. The second kappa shape index (κ2) is 6.52. The van der Waals surface area contributed by atoms with Crippen LogP contribution in [0.2, 0.25) is 0 Å². The Morgan fingerprint density at radius 1 is 1.33 bits per heavy atom. The van der Waals surface area contributed by atoms with Gasteiger partial charge in [0, 0.05) is 25.7 Å². The van der Waals surface area contributed by atoms with Crippen molar-refractivity contribution in [1.82, 2.24) is 5.32 Å². The fraction of sp³-hybridized carbons (Fsp3) is 0.500. The van der Waals surface area contributed by atoms with Crippen LogP contribution in [0.5, 0.6) is 0 Å². The summed E-state index contributed by atoms with van der Waals surface area (Å²) in [6, 6.07) is 9.75. The largest absolute Gasteiger partial charge is 0.381 e. The Balaban J connectivity index is 1.95. The highest BCUT2D eigenvalue weighted by atomic mass is 16.5. The van der Waals surface area contributed by atoms with Gasteiger partial charge in [0.15, 0.2) is 0 Å². The highest BCUT2D eigenvalue weighted by Crippen LogP contribution is 2.17. The van der Waals surface area contributed by atoms with Gasteiger partial charge in [-0.25, -0.2) is 0 Å². The van der Waals surface area contributed by atoms with Crippen LogP contribution in [0.15, 0.2) is 30.3 Å². The normalized spacial score (nSPS) is 18.3. The summed E-state index contributed by atoms with van der Waals surface area (Å²) in [5.74, 6) is 0.161. The number of benzene rings is 1. The Bertz CT molecular complexity index is 375. The van der Waals surface area contributed by atoms with Crippen LogP contribution in [-0.2, 0) is 9.53 Å². The van der Waals surface area contributed by atoms with Crippen molar-refractivity contribution < 1.29 is 9.53 Å². The molecule has 0 aromatic heterocycles. The Morgan fingerprint density at radius 2 is 2.00 bits per heavy atom. The summed E-state index contributed by atoms with van der Waals surface area (Å²) in [6.07, 6.45) is 1.61. The van der Waals surface area contributed by atoms with Gasteiger partial charge in [-0.15, -0.1) is 0 Å². The van der Waals surface area contributed by atoms with E-state index in [9.17, 15) is 4.79 Å². The molecule has 1 aromatic rings. The molecule has 4 heteroatoms. The summed E-state index contributed by atoms with van der Waals surface area (Å²) in [7, 11) is 0. The van der Waals surface area contributed by atoms with Crippen LogP contribution in [0.25, 0.3) is 0 Å². The molecule has 1 saturated heterocycles. The molecule has 1 unspecified atom stereocenters. The number of ether oxygens (including phenoxy) is 1. The number of hydrogen-bond acceptors (Lipinski definition) is 3. The minimum atomic E-state index is -0.0958. The maximum Gasteiger partial charge on any atom is 0.223 e. The molecule has 1 amide bonds. The number of carbonyl (C=O) groups is 1. The molecule has 0 radical (unpaired) electrons. The third kappa shape index (κ3) is 3.31. The summed E-state index contributed by atoms with van der Waals surface area (Å²) in [6.45, 7) is 1.77. The molecule has 1 aliphatic heterocycles. The van der Waals surface area contributed by atoms with E-state index in [1.807, 2.05) is 30.3 Å². The lowest BCUT2D eigenvalue weighted by Crippen LogP contribution is -2.39. The lowest BCUT2D eigenvalue weighted by atomic mass is 9.98. The second-order valence-electron chi connectivity index (χ2n) is 4.59. The van der Waals surface area contributed by atoms with E-state index in [4.69, 9.17) is 10.5 Å². The molecular weight excluding hydrogens is 228 g/mol. The van der Waals surface area contributed by atoms with E-state index >= 15 is 0 Å². The predicted molar refractivity (Wildman–Crippen MR) is 69.9 cm³/mol. The van der Waals surface area contributed by atoms with Crippen LogP contribution < -0.4 is 11.1 Å². The van der Waals surface area contributed by atoms with Crippen LogP contribution in [-0.4, -0.2) is 25.7 Å². The van der Waals surface area contributed by atoms with E-state index < -0.39 is 0 Å². The number of nitrogens with one attached hydrogen (secondary N) is 1. The topological polar surface area (TPSA) is 64.3 Å². The highest BCUT2D eigenvalue weighted by Gasteiger charge is 2.23. The zero-order valence-electron chi connectivity index (χ0n) is 10.5. The lowest BCUT2D eigenvalue weighted by Gasteiger charge is -2.24. The smallest absolute Gasteiger partial charge is 0.223 e. The number of nitrogens with two attached hydrogens (primary N) is 1. The van der Waals surface area contributed by atoms with Crippen LogP contribution in [0, 0.1) is 5.92 Å². The van der Waals surface area contributed by atoms with Crippen molar-refractivity contribution >= 4 is 5.91 Å². The van der Waals surface area contributed by atoms with Crippen molar-refractivity contribution in [3.8, 4) is 0 Å². The summed E-state index contributed by atoms with van der Waals surface area (Å²) in [5.41, 5.74) is 6.80. The van der Waals surface area contributed by atoms with Crippen LogP contribution in [0.3, 0.4) is 0 Å². The van der Waals surface area contributed by atoms with Crippen molar-refractivity contribution in [3.05, 3.63) is 35.9 Å². The molecule has 1 atom stereocenters. The van der Waals surface area contributed by atoms with E-state index in [1.54, 1.807) is 0 Å². The van der Waals surface area contributed by atoms with E-state index in [0.717, 1.165) is 18.4 Å². The van der Waals surface area contributed by atoms with Crippen molar-refractivity contribution in [1.29, 1.82) is 0 Å². The van der Waals surface area contributed by atoms with Crippen molar-refractivity contribution in [2.45, 2.75) is 18.9 Å². The number of hydrogen-bond donors (Lipinski definition) is 2. The summed E-state index contributed by atoms with van der Waals surface area (Å²) in [5, 5.41) is 3.03. The van der Waals surface area contributed by atoms with Gasteiger partial charge in [-0.1, -0.05) is 30.3 Å². The summed E-state index contributed by atoms with van der Waals surface area (Å²) in [4.78, 5) is 12.1. The average Bonchev–Trinajstić information content (AvgIpc) is 2.46. The molecule has 0 saturated carbocycles. The zero-order valence-corrected chi connectivity index (χ0v) is 10.5. The first-order valence-corrected chi connectivity index (χ1v) is 6.44. The third-order valence-corrected chi connectivity index (χ3v) is 3.35. The fourth-order valence-electron chi connectivity index (χ4n) is 2.21. The highest BCUT2D eigenvalue weighted by molar-refractivity contribution is 5.79. The number of carbonyl (C=O) groups excluding carboxylic acids is 1. The summed E-state index contributed by atoms with van der Waals surface area (Å²) < 4.78 is 5.26. The van der Waals surface area contributed by atoms with Gasteiger partial charge in [0.2, 0.25) is 5.91 Å². The first-order valence-electron chi connectivity index (χ1n) is 6.44. The first-order chi connectivity index (χ1) is 8.81. The van der Waals surface area contributed by atoms with Gasteiger partial charge >= 0.3 is 0 Å². The zero-order chi connectivity index (χ0) is 12.8. The third-order valence-electron chi connectivity index (χ3n) is 3.35.